The summed E-state index contributed by atoms with van der Waals surface area (Å²) < 4.78 is 28.4. The zero-order valence-electron chi connectivity index (χ0n) is 25.3. The van der Waals surface area contributed by atoms with Gasteiger partial charge >= 0.3 is 5.97 Å². The molecule has 0 amide bonds. The molecule has 0 unspecified atom stereocenters. The maximum absolute atomic E-state index is 12.0. The number of methoxy groups -OCH3 is 2. The summed E-state index contributed by atoms with van der Waals surface area (Å²) in [5.74, 6) is 1.83. The lowest BCUT2D eigenvalue weighted by Gasteiger charge is -2.42. The van der Waals surface area contributed by atoms with E-state index < -0.39 is 0 Å². The van der Waals surface area contributed by atoms with Crippen molar-refractivity contribution in [2.24, 2.45) is 0 Å². The molecule has 6 nitrogen and oxygen atoms in total. The van der Waals surface area contributed by atoms with Crippen molar-refractivity contribution < 1.29 is 28.5 Å². The fraction of sp³-hybridized carbons (Fsp3) is 0.400. The molecule has 3 aromatic rings. The van der Waals surface area contributed by atoms with Crippen LogP contribution in [-0.2, 0) is 31.7 Å². The van der Waals surface area contributed by atoms with Gasteiger partial charge in [0.1, 0.15) is 23.9 Å². The predicted octanol–water partition coefficient (Wildman–Crippen LogP) is 7.85. The summed E-state index contributed by atoms with van der Waals surface area (Å²) in [5.41, 5.74) is 6.24. The minimum absolute atomic E-state index is 0.00733. The summed E-state index contributed by atoms with van der Waals surface area (Å²) >= 11 is 0. The number of ether oxygens (including phenoxy) is 5. The minimum Gasteiger partial charge on any atom is -0.496 e. The molecule has 0 fully saturated rings. The summed E-state index contributed by atoms with van der Waals surface area (Å²) in [5, 5.41) is 0. The highest BCUT2D eigenvalue weighted by Gasteiger charge is 2.38. The highest BCUT2D eigenvalue weighted by Crippen LogP contribution is 2.50. The topological polar surface area (TPSA) is 63.2 Å². The smallest absolute Gasteiger partial charge is 0.330 e. The standard InChI is InChI=1S/C35H42O6/c1-8-39-33(36)16-14-24-13-15-31(38-7)26(19-24)27-20-28-29(35(4,5)18-17-34(28,2)3)21-32(27)40-22-25-11-9-10-12-30(25)41-23-37-6/h9-16,19-21H,8,17-18,22-23H2,1-7H3. The van der Waals surface area contributed by atoms with Crippen LogP contribution in [0.15, 0.2) is 60.7 Å². The monoisotopic (exact) mass is 558 g/mol. The second-order valence-corrected chi connectivity index (χ2v) is 11.7. The van der Waals surface area contributed by atoms with Gasteiger partial charge in [-0.05, 0) is 83.7 Å². The maximum Gasteiger partial charge on any atom is 0.330 e. The van der Waals surface area contributed by atoms with E-state index in [1.54, 1.807) is 27.2 Å². The van der Waals surface area contributed by atoms with Gasteiger partial charge < -0.3 is 23.7 Å². The lowest BCUT2D eigenvalue weighted by molar-refractivity contribution is -0.137. The van der Waals surface area contributed by atoms with Crippen molar-refractivity contribution in [3.8, 4) is 28.4 Å². The summed E-state index contributed by atoms with van der Waals surface area (Å²) in [6.45, 7) is 11.8. The molecule has 0 radical (unpaired) electrons. The van der Waals surface area contributed by atoms with Crippen LogP contribution < -0.4 is 14.2 Å². The van der Waals surface area contributed by atoms with E-state index in [4.69, 9.17) is 23.7 Å². The number of hydrogen-bond donors (Lipinski definition) is 0. The van der Waals surface area contributed by atoms with E-state index in [0.29, 0.717) is 13.2 Å². The number of rotatable bonds is 11. The van der Waals surface area contributed by atoms with Crippen LogP contribution in [0.25, 0.3) is 17.2 Å². The van der Waals surface area contributed by atoms with Gasteiger partial charge in [-0.2, -0.15) is 0 Å². The van der Waals surface area contributed by atoms with Crippen molar-refractivity contribution >= 4 is 12.0 Å². The highest BCUT2D eigenvalue weighted by atomic mass is 16.7. The van der Waals surface area contributed by atoms with Gasteiger partial charge in [-0.3, -0.25) is 0 Å². The molecular formula is C35H42O6. The van der Waals surface area contributed by atoms with Gasteiger partial charge in [0, 0.05) is 29.9 Å². The van der Waals surface area contributed by atoms with Gasteiger partial charge in [-0.25, -0.2) is 4.79 Å². The fourth-order valence-electron chi connectivity index (χ4n) is 5.36. The van der Waals surface area contributed by atoms with Crippen LogP contribution in [0.2, 0.25) is 0 Å². The molecule has 0 aromatic heterocycles. The largest absolute Gasteiger partial charge is 0.496 e. The second-order valence-electron chi connectivity index (χ2n) is 11.7. The molecule has 3 aromatic carbocycles. The molecular weight excluding hydrogens is 516 g/mol. The van der Waals surface area contributed by atoms with Crippen molar-refractivity contribution in [1.29, 1.82) is 0 Å². The van der Waals surface area contributed by atoms with Crippen molar-refractivity contribution in [1.82, 2.24) is 0 Å². The van der Waals surface area contributed by atoms with E-state index in [0.717, 1.165) is 52.3 Å². The van der Waals surface area contributed by atoms with Crippen molar-refractivity contribution in [2.45, 2.75) is 64.9 Å². The van der Waals surface area contributed by atoms with Gasteiger partial charge in [0.2, 0.25) is 0 Å². The first-order chi connectivity index (χ1) is 19.6. The van der Waals surface area contributed by atoms with Gasteiger partial charge in [-0.1, -0.05) is 52.0 Å². The Balaban J connectivity index is 1.84. The average molecular weight is 559 g/mol. The third kappa shape index (κ3) is 6.94. The molecule has 218 valence electrons. The second kappa shape index (κ2) is 12.8. The Morgan fingerprint density at radius 3 is 2.20 bits per heavy atom. The average Bonchev–Trinajstić information content (AvgIpc) is 2.96. The van der Waals surface area contributed by atoms with E-state index in [1.807, 2.05) is 42.5 Å². The molecule has 0 saturated carbocycles. The normalized spacial score (nSPS) is 15.3. The predicted molar refractivity (Wildman–Crippen MR) is 163 cm³/mol. The molecule has 0 spiro atoms. The first kappa shape index (κ1) is 30.2. The number of hydrogen-bond acceptors (Lipinski definition) is 6. The number of para-hydroxylation sites is 1. The Kier molecular flexibility index (Phi) is 9.44. The summed E-state index contributed by atoms with van der Waals surface area (Å²) in [6, 6.07) is 18.2. The maximum atomic E-state index is 12.0. The van der Waals surface area contributed by atoms with Crippen molar-refractivity contribution in [2.75, 3.05) is 27.6 Å². The SMILES string of the molecule is CCOC(=O)C=Cc1ccc(OC)c(-c2cc3c(cc2OCc2ccccc2OCOC)C(C)(C)CCC3(C)C)c1. The molecule has 0 heterocycles. The van der Waals surface area contributed by atoms with Crippen molar-refractivity contribution in [3.05, 3.63) is 82.9 Å². The highest BCUT2D eigenvalue weighted by molar-refractivity contribution is 5.88. The zero-order chi connectivity index (χ0) is 29.6. The van der Waals surface area contributed by atoms with E-state index in [1.165, 1.54) is 17.2 Å². The van der Waals surface area contributed by atoms with E-state index in [2.05, 4.69) is 39.8 Å². The lowest BCUT2D eigenvalue weighted by atomic mass is 9.62. The van der Waals surface area contributed by atoms with E-state index in [-0.39, 0.29) is 23.6 Å². The molecule has 0 N–H and O–H groups in total. The van der Waals surface area contributed by atoms with Crippen LogP contribution in [0, 0.1) is 0 Å². The van der Waals surface area contributed by atoms with Gasteiger partial charge in [0.25, 0.3) is 0 Å². The van der Waals surface area contributed by atoms with E-state index >= 15 is 0 Å². The van der Waals surface area contributed by atoms with Crippen LogP contribution in [0.3, 0.4) is 0 Å². The summed E-state index contributed by atoms with van der Waals surface area (Å²) in [7, 11) is 3.27. The number of carbonyl (C=O) groups excluding carboxylic acids is 1. The third-order valence-electron chi connectivity index (χ3n) is 7.85. The number of fused-ring (bicyclic) bond motifs is 1. The minimum atomic E-state index is -0.374. The first-order valence-electron chi connectivity index (χ1n) is 14.1. The molecule has 4 rings (SSSR count). The zero-order valence-corrected chi connectivity index (χ0v) is 25.3. The molecule has 1 aliphatic rings. The van der Waals surface area contributed by atoms with Crippen LogP contribution >= 0.6 is 0 Å². The molecule has 0 aliphatic heterocycles. The molecule has 1 aliphatic carbocycles. The fourth-order valence-corrected chi connectivity index (χ4v) is 5.36. The van der Waals surface area contributed by atoms with E-state index in [9.17, 15) is 4.79 Å². The number of esters is 1. The molecule has 6 heteroatoms. The number of benzene rings is 3. The lowest BCUT2D eigenvalue weighted by Crippen LogP contribution is -2.33. The quantitative estimate of drug-likeness (QED) is 0.136. The Morgan fingerprint density at radius 1 is 0.829 bits per heavy atom. The Morgan fingerprint density at radius 2 is 1.51 bits per heavy atom. The molecule has 0 atom stereocenters. The molecule has 41 heavy (non-hydrogen) atoms. The Bertz CT molecular complexity index is 1400. The van der Waals surface area contributed by atoms with Gasteiger partial charge in [-0.15, -0.1) is 0 Å². The van der Waals surface area contributed by atoms with Crippen molar-refractivity contribution in [3.63, 3.8) is 0 Å². The van der Waals surface area contributed by atoms with Crippen LogP contribution in [0.4, 0.5) is 0 Å². The summed E-state index contributed by atoms with van der Waals surface area (Å²) in [6.07, 6.45) is 5.39. The van der Waals surface area contributed by atoms with Gasteiger partial charge in [0.15, 0.2) is 6.79 Å². The third-order valence-corrected chi connectivity index (χ3v) is 7.85. The van der Waals surface area contributed by atoms with Gasteiger partial charge in [0.05, 0.1) is 13.7 Å². The summed E-state index contributed by atoms with van der Waals surface area (Å²) in [4.78, 5) is 12.0. The first-order valence-corrected chi connectivity index (χ1v) is 14.1. The molecule has 0 saturated heterocycles. The number of carbonyl (C=O) groups is 1. The Hall–Kier alpha value is -3.77. The Labute approximate surface area is 244 Å². The van der Waals surface area contributed by atoms with Crippen LogP contribution in [0.1, 0.15) is 69.7 Å². The van der Waals surface area contributed by atoms with Crippen LogP contribution in [-0.4, -0.2) is 33.6 Å². The van der Waals surface area contributed by atoms with Crippen LogP contribution in [0.5, 0.6) is 17.2 Å². The molecule has 0 bridgehead atoms.